The highest BCUT2D eigenvalue weighted by molar-refractivity contribution is 9.10. The number of hydrogen-bond acceptors (Lipinski definition) is 6. The third kappa shape index (κ3) is 6.15. The number of aromatic nitrogens is 2. The van der Waals surface area contributed by atoms with Gasteiger partial charge in [-0.2, -0.15) is 0 Å². The van der Waals surface area contributed by atoms with Crippen LogP contribution in [0.5, 0.6) is 0 Å². The first-order chi connectivity index (χ1) is 14.3. The molecule has 2 amide bonds. The molecule has 2 aromatic carbocycles. The molecular weight excluding hydrogens is 473 g/mol. The van der Waals surface area contributed by atoms with Gasteiger partial charge in [-0.1, -0.05) is 27.3 Å². The van der Waals surface area contributed by atoms with E-state index in [-0.39, 0.29) is 23.3 Å². The quantitative estimate of drug-likeness (QED) is 0.520. The van der Waals surface area contributed by atoms with Crippen LogP contribution in [-0.2, 0) is 11.3 Å². The number of anilines is 2. The Kier molecular flexibility index (Phi) is 7.24. The van der Waals surface area contributed by atoms with Crippen molar-refractivity contribution < 1.29 is 14.0 Å². The first-order valence-electron chi connectivity index (χ1n) is 8.94. The minimum atomic E-state index is -0.420. The molecule has 0 saturated heterocycles. The zero-order valence-electron chi connectivity index (χ0n) is 16.3. The van der Waals surface area contributed by atoms with Crippen molar-refractivity contribution in [2.24, 2.45) is 0 Å². The molecule has 0 atom stereocenters. The fourth-order valence-electron chi connectivity index (χ4n) is 2.62. The molecule has 3 aromatic rings. The lowest BCUT2D eigenvalue weighted by Gasteiger charge is -2.15. The second-order valence-electron chi connectivity index (χ2n) is 6.64. The molecule has 0 unspecified atom stereocenters. The summed E-state index contributed by atoms with van der Waals surface area (Å²) < 4.78 is 13.9. The molecule has 3 rings (SSSR count). The van der Waals surface area contributed by atoms with E-state index in [1.807, 2.05) is 25.1 Å². The SMILES string of the molecule is Cc1cc(Br)ccc1NC(=O)CN(C)Cc1nnc(C(=O)Nc2ccc(F)cc2)s1. The van der Waals surface area contributed by atoms with Gasteiger partial charge < -0.3 is 10.6 Å². The monoisotopic (exact) mass is 491 g/mol. The standard InChI is InChI=1S/C20H19BrFN5O2S/c1-12-9-13(21)3-8-16(12)24-17(28)10-27(2)11-18-25-26-20(30-18)19(29)23-15-6-4-14(22)5-7-15/h3-9H,10-11H2,1-2H3,(H,23,29)(H,24,28). The Morgan fingerprint density at radius 2 is 1.87 bits per heavy atom. The molecule has 0 bridgehead atoms. The van der Waals surface area contributed by atoms with Crippen LogP contribution >= 0.6 is 27.3 Å². The lowest BCUT2D eigenvalue weighted by molar-refractivity contribution is -0.117. The smallest absolute Gasteiger partial charge is 0.286 e. The maximum atomic E-state index is 13.0. The van der Waals surface area contributed by atoms with Crippen molar-refractivity contribution in [3.8, 4) is 0 Å². The van der Waals surface area contributed by atoms with Crippen molar-refractivity contribution in [1.82, 2.24) is 15.1 Å². The van der Waals surface area contributed by atoms with Crippen molar-refractivity contribution in [2.75, 3.05) is 24.2 Å². The number of amides is 2. The number of carbonyl (C=O) groups excluding carboxylic acids is 2. The van der Waals surface area contributed by atoms with Crippen molar-refractivity contribution in [3.63, 3.8) is 0 Å². The van der Waals surface area contributed by atoms with Gasteiger partial charge in [-0.15, -0.1) is 10.2 Å². The van der Waals surface area contributed by atoms with Crippen LogP contribution in [0.15, 0.2) is 46.9 Å². The van der Waals surface area contributed by atoms with Crippen LogP contribution in [0.2, 0.25) is 0 Å². The first kappa shape index (κ1) is 22.0. The van der Waals surface area contributed by atoms with E-state index in [4.69, 9.17) is 0 Å². The largest absolute Gasteiger partial charge is 0.325 e. The summed E-state index contributed by atoms with van der Waals surface area (Å²) in [4.78, 5) is 26.3. The van der Waals surface area contributed by atoms with Crippen LogP contribution in [-0.4, -0.2) is 40.5 Å². The van der Waals surface area contributed by atoms with E-state index in [1.54, 1.807) is 11.9 Å². The molecule has 1 heterocycles. The molecular formula is C20H19BrFN5O2S. The van der Waals surface area contributed by atoms with Gasteiger partial charge in [0.25, 0.3) is 5.91 Å². The average molecular weight is 492 g/mol. The molecule has 0 radical (unpaired) electrons. The van der Waals surface area contributed by atoms with Crippen LogP contribution in [0, 0.1) is 12.7 Å². The second kappa shape index (κ2) is 9.88. The summed E-state index contributed by atoms with van der Waals surface area (Å²) in [5.74, 6) is -0.952. The van der Waals surface area contributed by atoms with Crippen LogP contribution in [0.1, 0.15) is 20.4 Å². The molecule has 0 aliphatic rings. The number of nitrogens with one attached hydrogen (secondary N) is 2. The summed E-state index contributed by atoms with van der Waals surface area (Å²) in [6.45, 7) is 2.45. The number of benzene rings is 2. The van der Waals surface area contributed by atoms with E-state index in [9.17, 15) is 14.0 Å². The third-order valence-electron chi connectivity index (χ3n) is 4.04. The molecule has 10 heteroatoms. The Hall–Kier alpha value is -2.69. The Bertz CT molecular complexity index is 1060. The summed E-state index contributed by atoms with van der Waals surface area (Å²) in [6.07, 6.45) is 0. The normalized spacial score (nSPS) is 10.8. The van der Waals surface area contributed by atoms with Gasteiger partial charge in [-0.05, 0) is 62.0 Å². The van der Waals surface area contributed by atoms with Crippen molar-refractivity contribution >= 4 is 50.5 Å². The number of aryl methyl sites for hydroxylation is 1. The average Bonchev–Trinajstić information content (AvgIpc) is 3.14. The zero-order valence-corrected chi connectivity index (χ0v) is 18.7. The van der Waals surface area contributed by atoms with E-state index >= 15 is 0 Å². The van der Waals surface area contributed by atoms with Crippen molar-refractivity contribution in [3.05, 3.63) is 68.3 Å². The minimum Gasteiger partial charge on any atom is -0.325 e. The summed E-state index contributed by atoms with van der Waals surface area (Å²) in [5.41, 5.74) is 2.18. The Morgan fingerprint density at radius 1 is 1.13 bits per heavy atom. The van der Waals surface area contributed by atoms with Gasteiger partial charge in [0.15, 0.2) is 0 Å². The number of rotatable bonds is 7. The van der Waals surface area contributed by atoms with Gasteiger partial charge >= 0.3 is 0 Å². The maximum absolute atomic E-state index is 13.0. The summed E-state index contributed by atoms with van der Waals surface area (Å²) in [6, 6.07) is 11.1. The topological polar surface area (TPSA) is 87.2 Å². The molecule has 0 spiro atoms. The Morgan fingerprint density at radius 3 is 2.57 bits per heavy atom. The number of likely N-dealkylation sites (N-methyl/N-ethyl adjacent to an activating group) is 1. The molecule has 0 saturated carbocycles. The maximum Gasteiger partial charge on any atom is 0.286 e. The van der Waals surface area contributed by atoms with Crippen LogP contribution in [0.3, 0.4) is 0 Å². The summed E-state index contributed by atoms with van der Waals surface area (Å²) >= 11 is 4.54. The van der Waals surface area contributed by atoms with E-state index < -0.39 is 5.91 Å². The second-order valence-corrected chi connectivity index (χ2v) is 8.62. The number of carbonyl (C=O) groups is 2. The van der Waals surface area contributed by atoms with Crippen molar-refractivity contribution in [2.45, 2.75) is 13.5 Å². The lowest BCUT2D eigenvalue weighted by Crippen LogP contribution is -2.30. The molecule has 0 aliphatic heterocycles. The Labute approximate surface area is 185 Å². The minimum absolute atomic E-state index is 0.151. The molecule has 1 aromatic heterocycles. The van der Waals surface area contributed by atoms with Gasteiger partial charge in [0, 0.05) is 15.8 Å². The fraction of sp³-hybridized carbons (Fsp3) is 0.200. The Balaban J connectivity index is 1.52. The highest BCUT2D eigenvalue weighted by Crippen LogP contribution is 2.20. The third-order valence-corrected chi connectivity index (χ3v) is 5.44. The van der Waals surface area contributed by atoms with E-state index in [1.165, 1.54) is 24.3 Å². The first-order valence-corrected chi connectivity index (χ1v) is 10.5. The lowest BCUT2D eigenvalue weighted by atomic mass is 10.2. The summed E-state index contributed by atoms with van der Waals surface area (Å²) in [5, 5.41) is 14.2. The molecule has 30 heavy (non-hydrogen) atoms. The molecule has 7 nitrogen and oxygen atoms in total. The van der Waals surface area contributed by atoms with Crippen LogP contribution in [0.25, 0.3) is 0 Å². The van der Waals surface area contributed by atoms with Crippen molar-refractivity contribution in [1.29, 1.82) is 0 Å². The number of hydrogen-bond donors (Lipinski definition) is 2. The predicted molar refractivity (Wildman–Crippen MR) is 118 cm³/mol. The van der Waals surface area contributed by atoms with Crippen LogP contribution in [0.4, 0.5) is 15.8 Å². The molecule has 0 fully saturated rings. The molecule has 0 aliphatic carbocycles. The fourth-order valence-corrected chi connectivity index (χ4v) is 3.91. The number of nitrogens with zero attached hydrogens (tertiary/aromatic N) is 3. The van der Waals surface area contributed by atoms with E-state index in [0.717, 1.165) is 27.1 Å². The zero-order chi connectivity index (χ0) is 21.7. The molecule has 156 valence electrons. The predicted octanol–water partition coefficient (Wildman–Crippen LogP) is 4.07. The van der Waals surface area contributed by atoms with E-state index in [2.05, 4.69) is 36.8 Å². The van der Waals surface area contributed by atoms with Crippen LogP contribution < -0.4 is 10.6 Å². The number of halogens is 2. The highest BCUT2D eigenvalue weighted by Gasteiger charge is 2.16. The summed E-state index contributed by atoms with van der Waals surface area (Å²) in [7, 11) is 1.79. The van der Waals surface area contributed by atoms with Gasteiger partial charge in [0.2, 0.25) is 10.9 Å². The highest BCUT2D eigenvalue weighted by atomic mass is 79.9. The van der Waals surface area contributed by atoms with E-state index in [0.29, 0.717) is 17.2 Å². The van der Waals surface area contributed by atoms with Gasteiger partial charge in [0.05, 0.1) is 13.1 Å². The van der Waals surface area contributed by atoms with Gasteiger partial charge in [-0.3, -0.25) is 14.5 Å². The van der Waals surface area contributed by atoms with Gasteiger partial charge in [-0.25, -0.2) is 4.39 Å². The van der Waals surface area contributed by atoms with Gasteiger partial charge in [0.1, 0.15) is 10.8 Å². The molecule has 2 N–H and O–H groups in total.